The molecule has 0 aromatic heterocycles. The zero-order chi connectivity index (χ0) is 13.0. The van der Waals surface area contributed by atoms with Crippen LogP contribution in [0.25, 0.3) is 0 Å². The maximum atomic E-state index is 11.9. The summed E-state index contributed by atoms with van der Waals surface area (Å²) in [4.78, 5) is 13.7. The van der Waals surface area contributed by atoms with Crippen LogP contribution in [0.5, 0.6) is 0 Å². The summed E-state index contributed by atoms with van der Waals surface area (Å²) in [5, 5.41) is 2.89. The molecule has 1 saturated heterocycles. The summed E-state index contributed by atoms with van der Waals surface area (Å²) in [5.74, 6) is 0.123. The number of amides is 1. The van der Waals surface area contributed by atoms with Crippen LogP contribution in [0.3, 0.4) is 0 Å². The smallest absolute Gasteiger partial charge is 0.236 e. The molecule has 1 aromatic carbocycles. The number of carbonyl (C=O) groups excluding carboxylic acids is 1. The molecule has 2 rings (SSSR count). The normalized spacial score (nSPS) is 19.9. The first kappa shape index (κ1) is 13.5. The fraction of sp³-hybridized carbons (Fsp3) is 0.462. The average Bonchev–Trinajstić information content (AvgIpc) is 2.40. The molecule has 0 unspecified atom stereocenters. The highest BCUT2D eigenvalue weighted by molar-refractivity contribution is 9.10. The minimum absolute atomic E-state index is 0.0462. The van der Waals surface area contributed by atoms with Gasteiger partial charge in [0.15, 0.2) is 0 Å². The monoisotopic (exact) mass is 312 g/mol. The first-order valence-electron chi connectivity index (χ1n) is 6.00. The predicted octanol–water partition coefficient (Wildman–Crippen LogP) is 1.57. The summed E-state index contributed by atoms with van der Waals surface area (Å²) in [7, 11) is 1.78. The zero-order valence-electron chi connectivity index (χ0n) is 10.4. The number of rotatable bonds is 3. The molecule has 0 bridgehead atoms. The van der Waals surface area contributed by atoms with E-state index >= 15 is 0 Å². The van der Waals surface area contributed by atoms with Gasteiger partial charge in [0.2, 0.25) is 5.91 Å². The number of hydrogen-bond donors (Lipinski definition) is 1. The van der Waals surface area contributed by atoms with Gasteiger partial charge in [-0.3, -0.25) is 4.79 Å². The topological polar surface area (TPSA) is 41.6 Å². The quantitative estimate of drug-likeness (QED) is 0.921. The summed E-state index contributed by atoms with van der Waals surface area (Å²) in [5.41, 5.74) is 1.10. The van der Waals surface area contributed by atoms with E-state index < -0.39 is 0 Å². The number of nitrogens with zero attached hydrogens (tertiary/aromatic N) is 1. The maximum absolute atomic E-state index is 11.9. The van der Waals surface area contributed by atoms with E-state index in [1.54, 1.807) is 7.05 Å². The van der Waals surface area contributed by atoms with Crippen molar-refractivity contribution in [3.63, 3.8) is 0 Å². The second-order valence-corrected chi connectivity index (χ2v) is 5.11. The van der Waals surface area contributed by atoms with Gasteiger partial charge in [0, 0.05) is 11.0 Å². The molecular formula is C13H17BrN2O2. The molecule has 1 aromatic rings. The average molecular weight is 313 g/mol. The Labute approximate surface area is 115 Å². The van der Waals surface area contributed by atoms with E-state index in [1.165, 1.54) is 0 Å². The number of ether oxygens (including phenoxy) is 1. The van der Waals surface area contributed by atoms with Gasteiger partial charge in [-0.05, 0) is 18.7 Å². The minimum atomic E-state index is -0.0462. The zero-order valence-corrected chi connectivity index (χ0v) is 11.9. The highest BCUT2D eigenvalue weighted by atomic mass is 79.9. The Bertz CT molecular complexity index is 425. The van der Waals surface area contributed by atoms with Crippen LogP contribution in [0.1, 0.15) is 11.7 Å². The van der Waals surface area contributed by atoms with Crippen LogP contribution in [0.4, 0.5) is 0 Å². The summed E-state index contributed by atoms with van der Waals surface area (Å²) in [6.45, 7) is 2.24. The number of halogens is 1. The van der Waals surface area contributed by atoms with Crippen LogP contribution in [-0.2, 0) is 9.53 Å². The molecule has 1 fully saturated rings. The van der Waals surface area contributed by atoms with Crippen molar-refractivity contribution in [2.45, 2.75) is 6.10 Å². The highest BCUT2D eigenvalue weighted by Gasteiger charge is 2.25. The molecule has 1 amide bonds. The van der Waals surface area contributed by atoms with Gasteiger partial charge in [-0.25, -0.2) is 0 Å². The van der Waals surface area contributed by atoms with Gasteiger partial charge in [0.1, 0.15) is 6.10 Å². The largest absolute Gasteiger partial charge is 0.370 e. The number of nitrogens with one attached hydrogen (secondary N) is 1. The third-order valence-corrected chi connectivity index (χ3v) is 3.72. The van der Waals surface area contributed by atoms with Crippen molar-refractivity contribution in [3.05, 3.63) is 34.3 Å². The number of benzene rings is 1. The van der Waals surface area contributed by atoms with Crippen LogP contribution in [0, 0.1) is 0 Å². The van der Waals surface area contributed by atoms with Crippen LogP contribution in [0.2, 0.25) is 0 Å². The molecule has 0 saturated carbocycles. The summed E-state index contributed by atoms with van der Waals surface area (Å²) >= 11 is 3.52. The molecule has 1 N–H and O–H groups in total. The van der Waals surface area contributed by atoms with E-state index in [1.807, 2.05) is 29.2 Å². The van der Waals surface area contributed by atoms with E-state index in [9.17, 15) is 4.79 Å². The summed E-state index contributed by atoms with van der Waals surface area (Å²) in [6.07, 6.45) is -0.0462. The number of carbonyl (C=O) groups is 1. The molecule has 1 heterocycles. The van der Waals surface area contributed by atoms with Crippen molar-refractivity contribution in [3.8, 4) is 0 Å². The fourth-order valence-electron chi connectivity index (χ4n) is 2.06. The molecule has 0 radical (unpaired) electrons. The van der Waals surface area contributed by atoms with Crippen molar-refractivity contribution in [1.82, 2.24) is 10.2 Å². The SMILES string of the molecule is CNCC(=O)N1CCO[C@@H](c2ccccc2Br)C1. The summed E-state index contributed by atoms with van der Waals surface area (Å²) in [6, 6.07) is 7.98. The molecule has 0 spiro atoms. The van der Waals surface area contributed by atoms with Crippen molar-refractivity contribution >= 4 is 21.8 Å². The predicted molar refractivity (Wildman–Crippen MR) is 73.3 cm³/mol. The number of likely N-dealkylation sites (N-methyl/N-ethyl adjacent to an activating group) is 1. The Hall–Kier alpha value is -0.910. The summed E-state index contributed by atoms with van der Waals surface area (Å²) < 4.78 is 6.78. The van der Waals surface area contributed by atoms with Gasteiger partial charge in [0.25, 0.3) is 0 Å². The molecule has 1 aliphatic rings. The van der Waals surface area contributed by atoms with Gasteiger partial charge >= 0.3 is 0 Å². The molecule has 98 valence electrons. The second kappa shape index (κ2) is 6.31. The Morgan fingerprint density at radius 3 is 3.06 bits per heavy atom. The Kier molecular flexibility index (Phi) is 4.74. The molecular weight excluding hydrogens is 296 g/mol. The van der Waals surface area contributed by atoms with Gasteiger partial charge < -0.3 is 15.0 Å². The van der Waals surface area contributed by atoms with Crippen LogP contribution in [0.15, 0.2) is 28.7 Å². The molecule has 1 aliphatic heterocycles. The van der Waals surface area contributed by atoms with E-state index in [0.29, 0.717) is 26.2 Å². The van der Waals surface area contributed by atoms with Gasteiger partial charge in [0.05, 0.1) is 19.7 Å². The lowest BCUT2D eigenvalue weighted by molar-refractivity contribution is -0.137. The molecule has 1 atom stereocenters. The van der Waals surface area contributed by atoms with Crippen molar-refractivity contribution in [1.29, 1.82) is 0 Å². The molecule has 18 heavy (non-hydrogen) atoms. The molecule has 0 aliphatic carbocycles. The maximum Gasteiger partial charge on any atom is 0.236 e. The van der Waals surface area contributed by atoms with E-state index in [4.69, 9.17) is 4.74 Å². The lowest BCUT2D eigenvalue weighted by Gasteiger charge is -2.33. The highest BCUT2D eigenvalue weighted by Crippen LogP contribution is 2.28. The van der Waals surface area contributed by atoms with Crippen LogP contribution < -0.4 is 5.32 Å². The Morgan fingerprint density at radius 2 is 2.33 bits per heavy atom. The third kappa shape index (κ3) is 3.10. The van der Waals surface area contributed by atoms with Gasteiger partial charge in [-0.1, -0.05) is 34.1 Å². The van der Waals surface area contributed by atoms with Crippen LogP contribution in [-0.4, -0.2) is 44.1 Å². The van der Waals surface area contributed by atoms with Gasteiger partial charge in [-0.15, -0.1) is 0 Å². The first-order valence-corrected chi connectivity index (χ1v) is 6.80. The standard InChI is InChI=1S/C13H17BrN2O2/c1-15-8-13(17)16-6-7-18-12(9-16)10-4-2-3-5-11(10)14/h2-5,12,15H,6-9H2,1H3/t12-/m1/s1. The Balaban J connectivity index is 2.07. The van der Waals surface area contributed by atoms with E-state index in [0.717, 1.165) is 10.0 Å². The lowest BCUT2D eigenvalue weighted by Crippen LogP contribution is -2.45. The van der Waals surface area contributed by atoms with Crippen LogP contribution >= 0.6 is 15.9 Å². The number of morpholine rings is 1. The minimum Gasteiger partial charge on any atom is -0.370 e. The molecule has 4 nitrogen and oxygen atoms in total. The number of hydrogen-bond acceptors (Lipinski definition) is 3. The van der Waals surface area contributed by atoms with E-state index in [-0.39, 0.29) is 12.0 Å². The first-order chi connectivity index (χ1) is 8.72. The third-order valence-electron chi connectivity index (χ3n) is 3.00. The van der Waals surface area contributed by atoms with Gasteiger partial charge in [-0.2, -0.15) is 0 Å². The fourth-order valence-corrected chi connectivity index (χ4v) is 2.60. The molecule has 5 heteroatoms. The van der Waals surface area contributed by atoms with Crippen molar-refractivity contribution < 1.29 is 9.53 Å². The Morgan fingerprint density at radius 1 is 1.56 bits per heavy atom. The van der Waals surface area contributed by atoms with Crippen molar-refractivity contribution in [2.75, 3.05) is 33.3 Å². The van der Waals surface area contributed by atoms with E-state index in [2.05, 4.69) is 21.2 Å². The van der Waals surface area contributed by atoms with Crippen molar-refractivity contribution in [2.24, 2.45) is 0 Å². The second-order valence-electron chi connectivity index (χ2n) is 4.25. The lowest BCUT2D eigenvalue weighted by atomic mass is 10.1.